The minimum atomic E-state index is -0.510. The predicted octanol–water partition coefficient (Wildman–Crippen LogP) is 3.08. The first-order valence-corrected chi connectivity index (χ1v) is 7.93. The third-order valence-electron chi connectivity index (χ3n) is 3.57. The van der Waals surface area contributed by atoms with Crippen LogP contribution in [0.2, 0.25) is 0 Å². The number of hydrogen-bond acceptors (Lipinski definition) is 4. The number of carbonyl (C=O) groups is 2. The molecule has 0 radical (unpaired) electrons. The number of hydrogen-bond donors (Lipinski definition) is 1. The van der Waals surface area contributed by atoms with Crippen LogP contribution in [0.25, 0.3) is 0 Å². The van der Waals surface area contributed by atoms with E-state index in [2.05, 4.69) is 12.2 Å². The van der Waals surface area contributed by atoms with Crippen molar-refractivity contribution in [1.29, 1.82) is 0 Å². The minimum absolute atomic E-state index is 0.170. The number of nitrogens with one attached hydrogen (secondary N) is 1. The molecular weight excluding hydrogens is 268 g/mol. The number of unbranched alkanes of at least 4 members (excludes halogenated alkanes) is 3. The Bertz CT molecular complexity index is 378. The molecular formula is C16H30N2O3. The normalized spacial score (nSPS) is 21.0. The molecule has 0 atom stereocenters. The van der Waals surface area contributed by atoms with Gasteiger partial charge < -0.3 is 10.1 Å². The molecule has 0 unspecified atom stereocenters. The van der Waals surface area contributed by atoms with E-state index >= 15 is 0 Å². The largest absolute Gasteiger partial charge is 0.449 e. The smallest absolute Gasteiger partial charge is 0.416 e. The molecule has 1 aliphatic rings. The molecule has 0 bridgehead atoms. The van der Waals surface area contributed by atoms with E-state index in [9.17, 15) is 9.59 Å². The molecule has 0 aliphatic carbocycles. The van der Waals surface area contributed by atoms with Crippen LogP contribution in [0.4, 0.5) is 4.79 Å². The molecule has 2 amide bonds. The van der Waals surface area contributed by atoms with Crippen LogP contribution >= 0.6 is 0 Å². The first-order chi connectivity index (χ1) is 9.67. The lowest BCUT2D eigenvalue weighted by atomic mass is 9.96. The second kappa shape index (κ2) is 7.25. The van der Waals surface area contributed by atoms with Crippen molar-refractivity contribution in [3.63, 3.8) is 0 Å². The Labute approximate surface area is 128 Å². The summed E-state index contributed by atoms with van der Waals surface area (Å²) in [7, 11) is 0. The molecule has 0 aromatic rings. The maximum Gasteiger partial charge on any atom is 0.416 e. The van der Waals surface area contributed by atoms with Gasteiger partial charge in [0, 0.05) is 24.0 Å². The number of amides is 2. The van der Waals surface area contributed by atoms with Gasteiger partial charge in [-0.2, -0.15) is 0 Å². The molecule has 1 N–H and O–H groups in total. The maximum absolute atomic E-state index is 12.3. The summed E-state index contributed by atoms with van der Waals surface area (Å²) in [5.74, 6) is -0.170. The summed E-state index contributed by atoms with van der Waals surface area (Å²) in [5.41, 5.74) is -0.645. The zero-order chi connectivity index (χ0) is 16.1. The predicted molar refractivity (Wildman–Crippen MR) is 83.1 cm³/mol. The van der Waals surface area contributed by atoms with Gasteiger partial charge in [0.1, 0.15) is 0 Å². The highest BCUT2D eigenvalue weighted by molar-refractivity contribution is 5.92. The Morgan fingerprint density at radius 1 is 1.19 bits per heavy atom. The number of nitrogens with zero attached hydrogens (tertiary/aromatic N) is 1. The Balaban J connectivity index is 2.59. The van der Waals surface area contributed by atoms with E-state index in [0.717, 1.165) is 25.7 Å². The summed E-state index contributed by atoms with van der Waals surface area (Å²) in [6.45, 7) is 10.8. The zero-order valence-electron chi connectivity index (χ0n) is 14.1. The highest BCUT2D eigenvalue weighted by Crippen LogP contribution is 2.22. The number of imide groups is 1. The van der Waals surface area contributed by atoms with E-state index in [1.165, 1.54) is 4.90 Å². The lowest BCUT2D eigenvalue weighted by Crippen LogP contribution is -2.54. The quantitative estimate of drug-likeness (QED) is 0.792. The molecule has 0 aromatic carbocycles. The van der Waals surface area contributed by atoms with Crippen LogP contribution in [0.5, 0.6) is 0 Å². The topological polar surface area (TPSA) is 58.6 Å². The van der Waals surface area contributed by atoms with Crippen LogP contribution in [0.3, 0.4) is 0 Å². The maximum atomic E-state index is 12.3. The fourth-order valence-corrected chi connectivity index (χ4v) is 2.89. The van der Waals surface area contributed by atoms with E-state index < -0.39 is 6.09 Å². The fourth-order valence-electron chi connectivity index (χ4n) is 2.89. The van der Waals surface area contributed by atoms with Gasteiger partial charge in [-0.05, 0) is 34.1 Å². The van der Waals surface area contributed by atoms with E-state index in [0.29, 0.717) is 19.6 Å². The molecule has 122 valence electrons. The van der Waals surface area contributed by atoms with E-state index in [1.54, 1.807) is 0 Å². The Kier molecular flexibility index (Phi) is 6.20. The Morgan fingerprint density at radius 3 is 2.48 bits per heavy atom. The van der Waals surface area contributed by atoms with Gasteiger partial charge in [-0.15, -0.1) is 0 Å². The van der Waals surface area contributed by atoms with E-state index in [-0.39, 0.29) is 17.0 Å². The lowest BCUT2D eigenvalue weighted by Gasteiger charge is -2.33. The molecule has 5 nitrogen and oxygen atoms in total. The van der Waals surface area contributed by atoms with Gasteiger partial charge in [-0.1, -0.05) is 26.2 Å². The van der Waals surface area contributed by atoms with Crippen LogP contribution < -0.4 is 5.32 Å². The van der Waals surface area contributed by atoms with Gasteiger partial charge in [0.05, 0.1) is 6.61 Å². The van der Waals surface area contributed by atoms with Gasteiger partial charge in [0.2, 0.25) is 5.91 Å². The average molecular weight is 298 g/mol. The minimum Gasteiger partial charge on any atom is -0.449 e. The molecule has 21 heavy (non-hydrogen) atoms. The highest BCUT2D eigenvalue weighted by Gasteiger charge is 2.40. The molecule has 1 rings (SSSR count). The summed E-state index contributed by atoms with van der Waals surface area (Å²) < 4.78 is 5.25. The number of rotatable bonds is 5. The number of carbonyl (C=O) groups excluding carboxylic acids is 2. The monoisotopic (exact) mass is 298 g/mol. The molecule has 0 saturated carbocycles. The second-order valence-corrected chi connectivity index (χ2v) is 7.22. The van der Waals surface area contributed by atoms with Crippen molar-refractivity contribution < 1.29 is 14.3 Å². The van der Waals surface area contributed by atoms with Gasteiger partial charge in [0.25, 0.3) is 0 Å². The van der Waals surface area contributed by atoms with Crippen molar-refractivity contribution in [2.45, 2.75) is 77.8 Å². The first kappa shape index (κ1) is 18.0. The van der Waals surface area contributed by atoms with Crippen molar-refractivity contribution in [3.05, 3.63) is 0 Å². The fraction of sp³-hybridized carbons (Fsp3) is 0.875. The summed E-state index contributed by atoms with van der Waals surface area (Å²) in [6, 6.07) is 0. The second-order valence-electron chi connectivity index (χ2n) is 7.22. The van der Waals surface area contributed by atoms with E-state index in [1.807, 2.05) is 27.7 Å². The van der Waals surface area contributed by atoms with Crippen LogP contribution in [-0.2, 0) is 9.53 Å². The third kappa shape index (κ3) is 6.04. The van der Waals surface area contributed by atoms with Crippen molar-refractivity contribution in [1.82, 2.24) is 10.2 Å². The van der Waals surface area contributed by atoms with Crippen LogP contribution in [-0.4, -0.2) is 41.1 Å². The Hall–Kier alpha value is -1.10. The van der Waals surface area contributed by atoms with Gasteiger partial charge in [0.15, 0.2) is 0 Å². The standard InChI is InChI=1S/C16H30N2O3/c1-6-7-8-9-10-21-14(20)18-12-16(4,5)17-15(2,3)11-13(18)19/h17H,6-12H2,1-5H3. The first-order valence-electron chi connectivity index (χ1n) is 7.93. The van der Waals surface area contributed by atoms with Crippen molar-refractivity contribution in [2.75, 3.05) is 13.2 Å². The van der Waals surface area contributed by atoms with Crippen LogP contribution in [0, 0.1) is 0 Å². The van der Waals surface area contributed by atoms with Gasteiger partial charge in [-0.3, -0.25) is 4.79 Å². The van der Waals surface area contributed by atoms with Crippen LogP contribution in [0.1, 0.15) is 66.7 Å². The Morgan fingerprint density at radius 2 is 1.86 bits per heavy atom. The molecule has 5 heteroatoms. The third-order valence-corrected chi connectivity index (χ3v) is 3.57. The van der Waals surface area contributed by atoms with Crippen molar-refractivity contribution in [3.8, 4) is 0 Å². The van der Waals surface area contributed by atoms with Crippen molar-refractivity contribution >= 4 is 12.0 Å². The van der Waals surface area contributed by atoms with E-state index in [4.69, 9.17) is 4.74 Å². The molecule has 1 fully saturated rings. The van der Waals surface area contributed by atoms with Crippen molar-refractivity contribution in [2.24, 2.45) is 0 Å². The molecule has 1 aliphatic heterocycles. The molecule has 0 aromatic heterocycles. The average Bonchev–Trinajstić information content (AvgIpc) is 2.41. The summed E-state index contributed by atoms with van der Waals surface area (Å²) in [6.07, 6.45) is 3.98. The molecule has 1 heterocycles. The highest BCUT2D eigenvalue weighted by atomic mass is 16.6. The lowest BCUT2D eigenvalue weighted by molar-refractivity contribution is -0.130. The van der Waals surface area contributed by atoms with Gasteiger partial charge >= 0.3 is 6.09 Å². The van der Waals surface area contributed by atoms with Gasteiger partial charge in [-0.25, -0.2) is 9.69 Å². The number of ether oxygens (including phenoxy) is 1. The molecule has 1 saturated heterocycles. The summed E-state index contributed by atoms with van der Waals surface area (Å²) in [5, 5.41) is 3.42. The summed E-state index contributed by atoms with van der Waals surface area (Å²) >= 11 is 0. The molecule has 0 spiro atoms. The zero-order valence-corrected chi connectivity index (χ0v) is 14.1. The summed E-state index contributed by atoms with van der Waals surface area (Å²) in [4.78, 5) is 25.7. The SMILES string of the molecule is CCCCCCOC(=O)N1CC(C)(C)NC(C)(C)CC1=O. The van der Waals surface area contributed by atoms with Crippen LogP contribution in [0.15, 0.2) is 0 Å².